The first-order valence-electron chi connectivity index (χ1n) is 6.75. The van der Waals surface area contributed by atoms with Crippen LogP contribution in [0, 0.1) is 6.92 Å². The molecule has 114 valence electrons. The van der Waals surface area contributed by atoms with Gasteiger partial charge in [-0.25, -0.2) is 8.42 Å². The van der Waals surface area contributed by atoms with E-state index >= 15 is 0 Å². The van der Waals surface area contributed by atoms with E-state index in [0.717, 1.165) is 5.56 Å². The highest BCUT2D eigenvalue weighted by Gasteiger charge is 2.46. The van der Waals surface area contributed by atoms with Crippen LogP contribution < -0.4 is 9.46 Å². The molecule has 0 saturated heterocycles. The summed E-state index contributed by atoms with van der Waals surface area (Å²) < 4.78 is 32.8. The second-order valence-electron chi connectivity index (χ2n) is 5.38. The van der Waals surface area contributed by atoms with Crippen LogP contribution in [0.25, 0.3) is 0 Å². The number of nitrogens with one attached hydrogen (secondary N) is 1. The van der Waals surface area contributed by atoms with Gasteiger partial charge >= 0.3 is 0 Å². The van der Waals surface area contributed by atoms with Gasteiger partial charge in [0.15, 0.2) is 0 Å². The number of hydrogen-bond acceptors (Lipinski definition) is 4. The number of para-hydroxylation sites is 1. The van der Waals surface area contributed by atoms with Gasteiger partial charge < -0.3 is 4.74 Å². The fourth-order valence-corrected chi connectivity index (χ4v) is 3.63. The van der Waals surface area contributed by atoms with E-state index in [1.54, 1.807) is 36.4 Å². The summed E-state index contributed by atoms with van der Waals surface area (Å²) in [7, 11) is -3.87. The maximum atomic E-state index is 12.5. The Balaban J connectivity index is 1.93. The van der Waals surface area contributed by atoms with Crippen molar-refractivity contribution in [2.75, 3.05) is 0 Å². The Morgan fingerprint density at radius 3 is 2.32 bits per heavy atom. The first-order valence-corrected chi connectivity index (χ1v) is 8.24. The number of ketones is 1. The van der Waals surface area contributed by atoms with E-state index in [2.05, 4.69) is 4.72 Å². The summed E-state index contributed by atoms with van der Waals surface area (Å²) in [4.78, 5) is 12.5. The number of aryl methyl sites for hydroxylation is 1. The molecule has 2 aromatic carbocycles. The van der Waals surface area contributed by atoms with Crippen molar-refractivity contribution < 1.29 is 17.9 Å². The number of benzene rings is 2. The Bertz CT molecular complexity index is 843. The summed E-state index contributed by atoms with van der Waals surface area (Å²) in [5, 5.41) is 0. The molecule has 1 N–H and O–H groups in total. The van der Waals surface area contributed by atoms with E-state index in [1.165, 1.54) is 19.1 Å². The van der Waals surface area contributed by atoms with Gasteiger partial charge in [-0.05, 0) is 38.1 Å². The normalized spacial score (nSPS) is 20.5. The van der Waals surface area contributed by atoms with Gasteiger partial charge in [0.05, 0.1) is 10.5 Å². The third kappa shape index (κ3) is 2.40. The Hall–Kier alpha value is -2.18. The molecule has 0 radical (unpaired) electrons. The SMILES string of the molecule is Cc1ccc(S(=O)(=O)NC2(C)Oc3ccccc3C2=O)cc1. The quantitative estimate of drug-likeness (QED) is 0.942. The van der Waals surface area contributed by atoms with Crippen molar-refractivity contribution in [3.05, 3.63) is 59.7 Å². The minimum absolute atomic E-state index is 0.0895. The zero-order valence-corrected chi connectivity index (χ0v) is 13.0. The third-order valence-corrected chi connectivity index (χ3v) is 5.09. The van der Waals surface area contributed by atoms with Crippen LogP contribution in [-0.4, -0.2) is 19.9 Å². The summed E-state index contributed by atoms with van der Waals surface area (Å²) in [6.07, 6.45) is 0. The lowest BCUT2D eigenvalue weighted by atomic mass is 10.1. The average molecular weight is 317 g/mol. The molecule has 2 aromatic rings. The van der Waals surface area contributed by atoms with E-state index < -0.39 is 21.5 Å². The summed E-state index contributed by atoms with van der Waals surface area (Å²) in [5.74, 6) is -0.0274. The van der Waals surface area contributed by atoms with Gasteiger partial charge in [0.25, 0.3) is 0 Å². The number of Topliss-reactive ketones (excluding diaryl/α,β-unsaturated/α-hetero) is 1. The molecule has 0 fully saturated rings. The van der Waals surface area contributed by atoms with Gasteiger partial charge in [-0.3, -0.25) is 4.79 Å². The predicted octanol–water partition coefficient (Wildman–Crippen LogP) is 2.26. The zero-order chi connectivity index (χ0) is 16.0. The number of rotatable bonds is 3. The van der Waals surface area contributed by atoms with E-state index in [1.807, 2.05) is 6.92 Å². The maximum absolute atomic E-state index is 12.5. The van der Waals surface area contributed by atoms with Crippen LogP contribution in [0.4, 0.5) is 0 Å². The molecule has 1 aliphatic heterocycles. The van der Waals surface area contributed by atoms with E-state index in [0.29, 0.717) is 11.3 Å². The highest BCUT2D eigenvalue weighted by Crippen LogP contribution is 2.34. The largest absolute Gasteiger partial charge is 0.464 e. The molecule has 0 aromatic heterocycles. The number of carbonyl (C=O) groups is 1. The van der Waals surface area contributed by atoms with Crippen molar-refractivity contribution in [1.29, 1.82) is 0 Å². The predicted molar refractivity (Wildman–Crippen MR) is 81.3 cm³/mol. The molecule has 0 bridgehead atoms. The van der Waals surface area contributed by atoms with Crippen molar-refractivity contribution in [2.45, 2.75) is 24.5 Å². The van der Waals surface area contributed by atoms with Crippen LogP contribution in [0.3, 0.4) is 0 Å². The van der Waals surface area contributed by atoms with Gasteiger partial charge in [-0.15, -0.1) is 0 Å². The summed E-state index contributed by atoms with van der Waals surface area (Å²) in [6, 6.07) is 13.1. The lowest BCUT2D eigenvalue weighted by molar-refractivity contribution is 0.0587. The van der Waals surface area contributed by atoms with Crippen LogP contribution in [0.2, 0.25) is 0 Å². The smallest absolute Gasteiger partial charge is 0.244 e. The molecule has 0 amide bonds. The number of fused-ring (bicyclic) bond motifs is 1. The minimum Gasteiger partial charge on any atom is -0.464 e. The monoisotopic (exact) mass is 317 g/mol. The lowest BCUT2D eigenvalue weighted by Gasteiger charge is -2.23. The standard InChI is InChI=1S/C16H15NO4S/c1-11-7-9-12(10-8-11)22(19,20)17-16(2)15(18)13-5-3-4-6-14(13)21-16/h3-10,17H,1-2H3. The topological polar surface area (TPSA) is 72.5 Å². The van der Waals surface area contributed by atoms with Crippen LogP contribution in [0.1, 0.15) is 22.8 Å². The van der Waals surface area contributed by atoms with Crippen LogP contribution in [-0.2, 0) is 10.0 Å². The summed E-state index contributed by atoms with van der Waals surface area (Å²) in [5.41, 5.74) is -0.310. The Morgan fingerprint density at radius 1 is 1.05 bits per heavy atom. The molecule has 1 atom stereocenters. The molecule has 0 spiro atoms. The highest BCUT2D eigenvalue weighted by atomic mass is 32.2. The first-order chi connectivity index (χ1) is 10.3. The fraction of sp³-hybridized carbons (Fsp3) is 0.188. The highest BCUT2D eigenvalue weighted by molar-refractivity contribution is 7.89. The first kappa shape index (κ1) is 14.7. The lowest BCUT2D eigenvalue weighted by Crippen LogP contribution is -2.53. The molecule has 3 rings (SSSR count). The number of carbonyl (C=O) groups excluding carboxylic acids is 1. The summed E-state index contributed by atoms with van der Waals surface area (Å²) >= 11 is 0. The second kappa shape index (κ2) is 4.93. The van der Waals surface area contributed by atoms with Gasteiger partial charge in [-0.1, -0.05) is 29.8 Å². The molecule has 1 heterocycles. The van der Waals surface area contributed by atoms with Crippen molar-refractivity contribution in [2.24, 2.45) is 0 Å². The molecular weight excluding hydrogens is 302 g/mol. The Morgan fingerprint density at radius 2 is 1.68 bits per heavy atom. The summed E-state index contributed by atoms with van der Waals surface area (Å²) in [6.45, 7) is 3.28. The average Bonchev–Trinajstić information content (AvgIpc) is 2.70. The zero-order valence-electron chi connectivity index (χ0n) is 12.2. The van der Waals surface area contributed by atoms with Gasteiger partial charge in [-0.2, -0.15) is 4.72 Å². The van der Waals surface area contributed by atoms with Gasteiger partial charge in [0.1, 0.15) is 5.75 Å². The van der Waals surface area contributed by atoms with Crippen molar-refractivity contribution >= 4 is 15.8 Å². The number of ether oxygens (including phenoxy) is 1. The second-order valence-corrected chi connectivity index (χ2v) is 7.06. The molecule has 0 aliphatic carbocycles. The molecule has 0 saturated carbocycles. The van der Waals surface area contributed by atoms with Gasteiger partial charge in [0.2, 0.25) is 21.5 Å². The van der Waals surface area contributed by atoms with Crippen molar-refractivity contribution in [1.82, 2.24) is 4.72 Å². The minimum atomic E-state index is -3.87. The number of hydrogen-bond donors (Lipinski definition) is 1. The molecule has 1 unspecified atom stereocenters. The molecule has 6 heteroatoms. The number of sulfonamides is 1. The van der Waals surface area contributed by atoms with Crippen LogP contribution in [0.15, 0.2) is 53.4 Å². The van der Waals surface area contributed by atoms with Gasteiger partial charge in [0, 0.05) is 0 Å². The van der Waals surface area contributed by atoms with Crippen LogP contribution >= 0.6 is 0 Å². The molecule has 22 heavy (non-hydrogen) atoms. The molecule has 1 aliphatic rings. The van der Waals surface area contributed by atoms with E-state index in [-0.39, 0.29) is 4.90 Å². The molecule has 5 nitrogen and oxygen atoms in total. The van der Waals surface area contributed by atoms with Crippen molar-refractivity contribution in [3.63, 3.8) is 0 Å². The Labute approximate surface area is 129 Å². The van der Waals surface area contributed by atoms with E-state index in [9.17, 15) is 13.2 Å². The fourth-order valence-electron chi connectivity index (χ4n) is 2.37. The van der Waals surface area contributed by atoms with Crippen LogP contribution in [0.5, 0.6) is 5.75 Å². The molecular formula is C16H15NO4S. The van der Waals surface area contributed by atoms with E-state index in [4.69, 9.17) is 4.74 Å². The maximum Gasteiger partial charge on any atom is 0.244 e. The van der Waals surface area contributed by atoms with Crippen molar-refractivity contribution in [3.8, 4) is 5.75 Å². The third-order valence-electron chi connectivity index (χ3n) is 3.54. The Kier molecular flexibility index (Phi) is 3.30.